The maximum Gasteiger partial charge on any atom is 0.0150 e. The maximum absolute atomic E-state index is 2.54. The van der Waals surface area contributed by atoms with Gasteiger partial charge in [0.25, 0.3) is 0 Å². The molecule has 1 heteroatoms. The molecule has 1 aliphatic carbocycles. The summed E-state index contributed by atoms with van der Waals surface area (Å²) in [4.78, 5) is 0. The van der Waals surface area contributed by atoms with Crippen molar-refractivity contribution in [3.63, 3.8) is 0 Å². The summed E-state index contributed by atoms with van der Waals surface area (Å²) in [5.41, 5.74) is 10.8. The van der Waals surface area contributed by atoms with Crippen LogP contribution in [-0.4, -0.2) is 4.01 Å². The predicted molar refractivity (Wildman–Crippen MR) is 165 cm³/mol. The van der Waals surface area contributed by atoms with E-state index in [0.717, 1.165) is 12.8 Å². The van der Waals surface area contributed by atoms with Crippen molar-refractivity contribution in [2.24, 2.45) is 5.41 Å². The minimum absolute atomic E-state index is 0.0788. The number of halogens is 1. The first kappa shape index (κ1) is 26.1. The van der Waals surface area contributed by atoms with Gasteiger partial charge in [-0.25, -0.2) is 0 Å². The van der Waals surface area contributed by atoms with Crippen LogP contribution in [0.4, 0.5) is 0 Å². The van der Waals surface area contributed by atoms with Crippen LogP contribution >= 0.6 is 20.7 Å². The third-order valence-corrected chi connectivity index (χ3v) is 10.4. The average Bonchev–Trinajstić information content (AvgIpc) is 2.85. The first-order chi connectivity index (χ1) is 16.6. The second-order valence-corrected chi connectivity index (χ2v) is 14.1. The Bertz CT molecular complexity index is 1190. The first-order valence-electron chi connectivity index (χ1n) is 13.1. The lowest BCUT2D eigenvalue weighted by atomic mass is 9.76. The zero-order chi connectivity index (χ0) is 25.1. The number of hydrogen-bond donors (Lipinski definition) is 0. The van der Waals surface area contributed by atoms with Crippen molar-refractivity contribution < 1.29 is 0 Å². The van der Waals surface area contributed by atoms with Crippen molar-refractivity contribution in [1.82, 2.24) is 0 Å². The standard InChI is InChI=1S/C34H41I/c1-7-34(5,6)31-19-12-27(13-20-31)23-28-14-21-32(35-24-28)29-15-8-25(9-16-29)22-26-10-17-30(18-11-26)33(2,3)4/h8-12,14-19,21,24H,7,13,20,22-23H2,1-6H3. The molecule has 0 unspecified atom stereocenters. The normalized spacial score (nSPS) is 16.6. The minimum atomic E-state index is -0.0788. The molecule has 35 heavy (non-hydrogen) atoms. The molecule has 0 aromatic heterocycles. The number of hydrogen-bond acceptors (Lipinski definition) is 0. The van der Waals surface area contributed by atoms with Gasteiger partial charge in [-0.15, -0.1) is 0 Å². The van der Waals surface area contributed by atoms with Crippen molar-refractivity contribution in [2.75, 3.05) is 0 Å². The lowest BCUT2D eigenvalue weighted by Gasteiger charge is -2.29. The molecule has 1 aliphatic heterocycles. The Balaban J connectivity index is 1.37. The molecule has 2 aromatic carbocycles. The van der Waals surface area contributed by atoms with E-state index >= 15 is 0 Å². The molecular formula is C34H41I. The van der Waals surface area contributed by atoms with Crippen molar-refractivity contribution in [2.45, 2.75) is 79.1 Å². The number of rotatable bonds is 7. The van der Waals surface area contributed by atoms with Gasteiger partial charge in [0.1, 0.15) is 0 Å². The molecular weight excluding hydrogens is 535 g/mol. The molecule has 2 aliphatic rings. The van der Waals surface area contributed by atoms with Gasteiger partial charge in [0.15, 0.2) is 0 Å². The van der Waals surface area contributed by atoms with Gasteiger partial charge >= 0.3 is 0 Å². The van der Waals surface area contributed by atoms with Gasteiger partial charge in [-0.3, -0.25) is 0 Å². The second-order valence-electron chi connectivity index (χ2n) is 11.7. The fourth-order valence-corrected chi connectivity index (χ4v) is 6.93. The van der Waals surface area contributed by atoms with E-state index in [4.69, 9.17) is 0 Å². The average molecular weight is 577 g/mol. The van der Waals surface area contributed by atoms with E-state index in [0.29, 0.717) is 5.41 Å². The largest absolute Gasteiger partial charge is 0.0847 e. The smallest absolute Gasteiger partial charge is 0.0150 e. The van der Waals surface area contributed by atoms with Crippen LogP contribution in [0.5, 0.6) is 0 Å². The molecule has 0 amide bonds. The molecule has 0 nitrogen and oxygen atoms in total. The zero-order valence-electron chi connectivity index (χ0n) is 22.4. The Morgan fingerprint density at radius 2 is 1.37 bits per heavy atom. The summed E-state index contributed by atoms with van der Waals surface area (Å²) in [7, 11) is 0. The lowest BCUT2D eigenvalue weighted by Crippen LogP contribution is -2.15. The number of allylic oxidation sites excluding steroid dienone is 7. The van der Waals surface area contributed by atoms with E-state index in [-0.39, 0.29) is 26.1 Å². The molecule has 2 aromatic rings. The molecule has 0 spiro atoms. The third-order valence-electron chi connectivity index (χ3n) is 7.63. The van der Waals surface area contributed by atoms with Crippen LogP contribution in [-0.2, 0) is 11.8 Å². The third kappa shape index (κ3) is 6.82. The summed E-state index contributed by atoms with van der Waals surface area (Å²) in [5, 5.41) is 0. The quantitative estimate of drug-likeness (QED) is 0.288. The molecule has 0 N–H and O–H groups in total. The summed E-state index contributed by atoms with van der Waals surface area (Å²) >= 11 is -0.0788. The summed E-state index contributed by atoms with van der Waals surface area (Å²) in [6.45, 7) is 13.9. The highest BCUT2D eigenvalue weighted by atomic mass is 127. The molecule has 0 fully saturated rings. The van der Waals surface area contributed by atoms with E-state index in [1.807, 2.05) is 0 Å². The van der Waals surface area contributed by atoms with Gasteiger partial charge in [-0.2, -0.15) is 0 Å². The van der Waals surface area contributed by atoms with Crippen molar-refractivity contribution in [3.05, 3.63) is 112 Å². The Kier molecular flexibility index (Phi) is 8.16. The van der Waals surface area contributed by atoms with Crippen molar-refractivity contribution in [1.29, 1.82) is 0 Å². The SMILES string of the molecule is CCC(C)(C)C1=CC=C(CC2=CC=C(c3ccc(Cc4ccc(C(C)(C)C)cc4)cc3)I=C2)CC1. The Labute approximate surface area is 223 Å². The fraction of sp³-hybridized carbons (Fsp3) is 0.382. The molecule has 0 bridgehead atoms. The van der Waals surface area contributed by atoms with Gasteiger partial charge < -0.3 is 0 Å². The highest BCUT2D eigenvalue weighted by Crippen LogP contribution is 2.38. The van der Waals surface area contributed by atoms with Crippen molar-refractivity contribution >= 4 is 28.3 Å². The van der Waals surface area contributed by atoms with E-state index in [9.17, 15) is 0 Å². The molecule has 0 saturated heterocycles. The Morgan fingerprint density at radius 3 is 1.89 bits per heavy atom. The summed E-state index contributed by atoms with van der Waals surface area (Å²) in [6.07, 6.45) is 15.3. The van der Waals surface area contributed by atoms with Crippen LogP contribution in [0.15, 0.2) is 89.6 Å². The van der Waals surface area contributed by atoms with Crippen LogP contribution < -0.4 is 0 Å². The number of benzene rings is 2. The van der Waals surface area contributed by atoms with Gasteiger partial charge in [0, 0.05) is 3.58 Å². The molecule has 0 radical (unpaired) electrons. The lowest BCUT2D eigenvalue weighted by molar-refractivity contribution is 0.411. The summed E-state index contributed by atoms with van der Waals surface area (Å²) < 4.78 is 4.06. The molecule has 4 rings (SSSR count). The van der Waals surface area contributed by atoms with Gasteiger partial charge in [-0.05, 0) is 80.8 Å². The topological polar surface area (TPSA) is 0 Å². The van der Waals surface area contributed by atoms with Crippen LogP contribution in [0.1, 0.15) is 89.5 Å². The molecule has 1 heterocycles. The van der Waals surface area contributed by atoms with Crippen LogP contribution in [0.2, 0.25) is 0 Å². The summed E-state index contributed by atoms with van der Waals surface area (Å²) in [5.74, 6) is 0. The van der Waals surface area contributed by atoms with Crippen LogP contribution in [0.25, 0.3) is 3.58 Å². The highest BCUT2D eigenvalue weighted by Gasteiger charge is 2.22. The van der Waals surface area contributed by atoms with E-state index in [2.05, 4.69) is 118 Å². The monoisotopic (exact) mass is 576 g/mol. The second kappa shape index (κ2) is 10.9. The fourth-order valence-electron chi connectivity index (χ4n) is 4.66. The molecule has 0 atom stereocenters. The van der Waals surface area contributed by atoms with E-state index in [1.54, 1.807) is 11.1 Å². The molecule has 0 saturated carbocycles. The zero-order valence-corrected chi connectivity index (χ0v) is 24.6. The van der Waals surface area contributed by atoms with Crippen molar-refractivity contribution in [3.8, 4) is 0 Å². The Hall–Kier alpha value is -2.00. The van der Waals surface area contributed by atoms with Crippen LogP contribution in [0, 0.1) is 5.41 Å². The molecule has 184 valence electrons. The highest BCUT2D eigenvalue weighted by molar-refractivity contribution is 14.2. The van der Waals surface area contributed by atoms with E-state index in [1.165, 1.54) is 50.7 Å². The first-order valence-corrected chi connectivity index (χ1v) is 15.4. The van der Waals surface area contributed by atoms with Gasteiger partial charge in [0.05, 0.1) is 0 Å². The predicted octanol–water partition coefficient (Wildman–Crippen LogP) is 10.1. The minimum Gasteiger partial charge on any atom is -0.0847 e. The van der Waals surface area contributed by atoms with Gasteiger partial charge in [-0.1, -0.05) is 140 Å². The maximum atomic E-state index is 2.54. The van der Waals surface area contributed by atoms with E-state index < -0.39 is 0 Å². The van der Waals surface area contributed by atoms with Crippen LogP contribution in [0.3, 0.4) is 0 Å². The summed E-state index contributed by atoms with van der Waals surface area (Å²) in [6, 6.07) is 18.4. The Morgan fingerprint density at radius 1 is 0.714 bits per heavy atom. The van der Waals surface area contributed by atoms with Gasteiger partial charge in [0.2, 0.25) is 0 Å².